The maximum Gasteiger partial charge on any atom is 0.280 e. The van der Waals surface area contributed by atoms with Crippen LogP contribution >= 0.6 is 11.6 Å². The molecule has 74 valence electrons. The summed E-state index contributed by atoms with van der Waals surface area (Å²) >= 11 is 5.72. The average molecular weight is 220 g/mol. The number of carbonyl (C=O) groups excluding carboxylic acids is 1. The maximum atomic E-state index is 11.5. The van der Waals surface area contributed by atoms with Gasteiger partial charge < -0.3 is 4.85 Å². The molecule has 0 atom stereocenters. The van der Waals surface area contributed by atoms with E-state index in [2.05, 4.69) is 9.95 Å². The lowest BCUT2D eigenvalue weighted by atomic mass is 10.3. The first kappa shape index (κ1) is 9.69. The van der Waals surface area contributed by atoms with Crippen LogP contribution in [0.5, 0.6) is 0 Å². The fraction of sp³-hybridized carbons (Fsp3) is 0.100. The van der Waals surface area contributed by atoms with Crippen LogP contribution in [0.15, 0.2) is 29.4 Å². The van der Waals surface area contributed by atoms with Gasteiger partial charge in [-0.25, -0.2) is 0 Å². The van der Waals surface area contributed by atoms with Crippen molar-refractivity contribution in [3.63, 3.8) is 0 Å². The van der Waals surface area contributed by atoms with Crippen molar-refractivity contribution in [3.8, 4) is 0 Å². The Balaban J connectivity index is 2.33. The first-order valence-corrected chi connectivity index (χ1v) is 4.62. The van der Waals surface area contributed by atoms with Gasteiger partial charge in [-0.15, -0.1) is 5.01 Å². The zero-order valence-corrected chi connectivity index (χ0v) is 8.40. The summed E-state index contributed by atoms with van der Waals surface area (Å²) in [5.74, 6) is 0.0262. The monoisotopic (exact) mass is 219 g/mol. The molecule has 1 heterocycles. The molecule has 4 nitrogen and oxygen atoms in total. The summed E-state index contributed by atoms with van der Waals surface area (Å²) in [7, 11) is 0. The van der Waals surface area contributed by atoms with Crippen LogP contribution in [0.25, 0.3) is 4.85 Å². The van der Waals surface area contributed by atoms with Crippen LogP contribution in [0.3, 0.4) is 0 Å². The van der Waals surface area contributed by atoms with Gasteiger partial charge in [0.25, 0.3) is 11.7 Å². The molecule has 0 unspecified atom stereocenters. The van der Waals surface area contributed by atoms with Crippen molar-refractivity contribution < 1.29 is 4.79 Å². The second kappa shape index (κ2) is 3.71. The highest BCUT2D eigenvalue weighted by Crippen LogP contribution is 2.22. The second-order valence-corrected chi connectivity index (χ2v) is 3.42. The van der Waals surface area contributed by atoms with Gasteiger partial charge in [-0.1, -0.05) is 18.2 Å². The van der Waals surface area contributed by atoms with Crippen LogP contribution in [-0.2, 0) is 4.79 Å². The van der Waals surface area contributed by atoms with Crippen LogP contribution in [0.1, 0.15) is 6.42 Å². The lowest BCUT2D eigenvalue weighted by Gasteiger charge is -2.06. The van der Waals surface area contributed by atoms with E-state index in [0.717, 1.165) is 0 Å². The summed E-state index contributed by atoms with van der Waals surface area (Å²) in [6.45, 7) is 6.77. The van der Waals surface area contributed by atoms with Crippen molar-refractivity contribution in [2.45, 2.75) is 6.42 Å². The minimum absolute atomic E-state index is 0.0755. The number of carbonyl (C=O) groups is 1. The molecule has 0 N–H and O–H groups in total. The van der Waals surface area contributed by atoms with Crippen LogP contribution in [0, 0.1) is 6.57 Å². The normalized spacial score (nSPS) is 15.1. The number of benzene rings is 1. The van der Waals surface area contributed by atoms with Gasteiger partial charge in [0.2, 0.25) is 0 Å². The van der Waals surface area contributed by atoms with Gasteiger partial charge in [0.1, 0.15) is 0 Å². The smallest absolute Gasteiger partial charge is 0.280 e. The van der Waals surface area contributed by atoms with Crippen molar-refractivity contribution in [2.24, 2.45) is 5.10 Å². The first-order valence-electron chi connectivity index (χ1n) is 4.24. The molecule has 0 aromatic heterocycles. The predicted molar refractivity (Wildman–Crippen MR) is 57.6 cm³/mol. The van der Waals surface area contributed by atoms with E-state index in [0.29, 0.717) is 10.7 Å². The first-order chi connectivity index (χ1) is 7.20. The Labute approximate surface area is 91.6 Å². The highest BCUT2D eigenvalue weighted by Gasteiger charge is 2.28. The lowest BCUT2D eigenvalue weighted by molar-refractivity contribution is -0.116. The molecule has 1 aliphatic rings. The van der Waals surface area contributed by atoms with E-state index in [1.165, 1.54) is 5.01 Å². The quantitative estimate of drug-likeness (QED) is 0.668. The Kier molecular flexibility index (Phi) is 2.40. The average Bonchev–Trinajstić information content (AvgIpc) is 2.61. The molecule has 0 radical (unpaired) electrons. The molecular formula is C10H6ClN3O. The number of hydrogen-bond donors (Lipinski definition) is 0. The van der Waals surface area contributed by atoms with Crippen molar-refractivity contribution in [3.05, 3.63) is 40.7 Å². The van der Waals surface area contributed by atoms with Gasteiger partial charge in [0, 0.05) is 5.02 Å². The predicted octanol–water partition coefficient (Wildman–Crippen LogP) is 2.31. The van der Waals surface area contributed by atoms with Gasteiger partial charge >= 0.3 is 0 Å². The summed E-state index contributed by atoms with van der Waals surface area (Å²) in [5.41, 5.74) is 0.628. The van der Waals surface area contributed by atoms with Crippen LogP contribution in [0.4, 0.5) is 5.69 Å². The van der Waals surface area contributed by atoms with Crippen LogP contribution in [0.2, 0.25) is 5.02 Å². The van der Waals surface area contributed by atoms with Crippen molar-refractivity contribution in [2.75, 3.05) is 5.01 Å². The lowest BCUT2D eigenvalue weighted by Crippen LogP contribution is -2.19. The fourth-order valence-corrected chi connectivity index (χ4v) is 1.39. The summed E-state index contributed by atoms with van der Waals surface area (Å²) in [4.78, 5) is 14.6. The molecule has 2 rings (SSSR count). The molecule has 0 aliphatic carbocycles. The van der Waals surface area contributed by atoms with Gasteiger partial charge in [-0.05, 0) is 29.4 Å². The van der Waals surface area contributed by atoms with E-state index in [9.17, 15) is 4.79 Å². The van der Waals surface area contributed by atoms with E-state index in [4.69, 9.17) is 18.2 Å². The van der Waals surface area contributed by atoms with E-state index in [1.807, 2.05) is 0 Å². The minimum Gasteiger partial charge on any atom is -0.362 e. The second-order valence-electron chi connectivity index (χ2n) is 2.99. The molecule has 1 aliphatic heterocycles. The summed E-state index contributed by atoms with van der Waals surface area (Å²) in [6, 6.07) is 6.73. The third kappa shape index (κ3) is 1.83. The fourth-order valence-electron chi connectivity index (χ4n) is 1.26. The number of rotatable bonds is 1. The number of hydrogen-bond acceptors (Lipinski definition) is 2. The Hall–Kier alpha value is -1.86. The number of nitrogens with zero attached hydrogens (tertiary/aromatic N) is 3. The van der Waals surface area contributed by atoms with Gasteiger partial charge in [0.15, 0.2) is 0 Å². The topological polar surface area (TPSA) is 37.0 Å². The van der Waals surface area contributed by atoms with Gasteiger partial charge in [-0.3, -0.25) is 4.79 Å². The van der Waals surface area contributed by atoms with Crippen LogP contribution < -0.4 is 5.01 Å². The van der Waals surface area contributed by atoms with Crippen molar-refractivity contribution in [1.82, 2.24) is 0 Å². The van der Waals surface area contributed by atoms with E-state index in [-0.39, 0.29) is 18.2 Å². The molecule has 0 saturated carbocycles. The summed E-state index contributed by atoms with van der Waals surface area (Å²) in [5, 5.41) is 5.71. The summed E-state index contributed by atoms with van der Waals surface area (Å²) in [6.07, 6.45) is 0.0755. The van der Waals surface area contributed by atoms with E-state index in [1.54, 1.807) is 24.3 Å². The molecule has 15 heavy (non-hydrogen) atoms. The maximum absolute atomic E-state index is 11.5. The molecule has 0 spiro atoms. The SMILES string of the molecule is [C-]#[N+]C1=NN(c2ccc(Cl)cc2)C(=O)C1. The molecule has 0 bridgehead atoms. The Morgan fingerprint density at radius 3 is 2.60 bits per heavy atom. The Morgan fingerprint density at radius 2 is 2.07 bits per heavy atom. The largest absolute Gasteiger partial charge is 0.362 e. The van der Waals surface area contributed by atoms with Gasteiger partial charge in [-0.2, -0.15) is 0 Å². The molecular weight excluding hydrogens is 214 g/mol. The van der Waals surface area contributed by atoms with Crippen LogP contribution in [-0.4, -0.2) is 11.7 Å². The minimum atomic E-state index is -0.191. The molecule has 1 amide bonds. The molecule has 0 saturated heterocycles. The number of amidine groups is 1. The highest BCUT2D eigenvalue weighted by atomic mass is 35.5. The molecule has 5 heteroatoms. The highest BCUT2D eigenvalue weighted by molar-refractivity contribution is 6.30. The van der Waals surface area contributed by atoms with Crippen molar-refractivity contribution in [1.29, 1.82) is 0 Å². The zero-order chi connectivity index (χ0) is 10.8. The van der Waals surface area contributed by atoms with Gasteiger partial charge in [0.05, 0.1) is 12.1 Å². The standard InChI is InChI=1S/C10H6ClN3O/c1-12-9-6-10(15)14(13-9)8-4-2-7(11)3-5-8/h2-5H,6H2. The third-order valence-corrected chi connectivity index (χ3v) is 2.21. The molecule has 1 aromatic rings. The molecule has 1 aromatic carbocycles. The number of hydrazone groups is 1. The third-order valence-electron chi connectivity index (χ3n) is 1.96. The molecule has 0 fully saturated rings. The summed E-state index contributed by atoms with van der Waals surface area (Å²) < 4.78 is 0. The number of halogens is 1. The van der Waals surface area contributed by atoms with Crippen molar-refractivity contribution >= 4 is 29.0 Å². The van der Waals surface area contributed by atoms with E-state index >= 15 is 0 Å². The van der Waals surface area contributed by atoms with E-state index < -0.39 is 0 Å². The Bertz CT molecular complexity index is 472. The zero-order valence-electron chi connectivity index (χ0n) is 7.64. The number of amides is 1. The number of anilines is 1. The Morgan fingerprint density at radius 1 is 1.40 bits per heavy atom.